The third-order valence-electron chi connectivity index (χ3n) is 4.38. The van der Waals surface area contributed by atoms with Gasteiger partial charge in [-0.1, -0.05) is 42.5 Å². The van der Waals surface area contributed by atoms with Gasteiger partial charge in [-0.3, -0.25) is 0 Å². The van der Waals surface area contributed by atoms with Gasteiger partial charge < -0.3 is 4.43 Å². The maximum atomic E-state index is 6.06. The predicted octanol–water partition coefficient (Wildman–Crippen LogP) is 3.95. The summed E-state index contributed by atoms with van der Waals surface area (Å²) in [5.41, 5.74) is 2.26. The fourth-order valence-electron chi connectivity index (χ4n) is 3.27. The van der Waals surface area contributed by atoms with Gasteiger partial charge in [-0.15, -0.1) is 0 Å². The van der Waals surface area contributed by atoms with E-state index in [2.05, 4.69) is 55.6 Å². The van der Waals surface area contributed by atoms with E-state index in [0.29, 0.717) is 11.8 Å². The summed E-state index contributed by atoms with van der Waals surface area (Å²) >= 11 is 0. The first-order valence-corrected chi connectivity index (χ1v) is 9.52. The molecule has 0 bridgehead atoms. The molecule has 0 radical (unpaired) electrons. The lowest BCUT2D eigenvalue weighted by Crippen LogP contribution is -2.33. The van der Waals surface area contributed by atoms with E-state index in [1.807, 2.05) is 0 Å². The number of hydrogen-bond acceptors (Lipinski definition) is 1. The zero-order valence-electron chi connectivity index (χ0n) is 10.6. The molecule has 1 aliphatic heterocycles. The van der Waals surface area contributed by atoms with Crippen molar-refractivity contribution in [3.63, 3.8) is 0 Å². The molecule has 1 aromatic rings. The van der Waals surface area contributed by atoms with Gasteiger partial charge in [0.1, 0.15) is 0 Å². The smallest absolute Gasteiger partial charge is 0.190 e. The zero-order valence-corrected chi connectivity index (χ0v) is 11.6. The monoisotopic (exact) mass is 244 g/mol. The van der Waals surface area contributed by atoms with Crippen LogP contribution in [0.15, 0.2) is 42.5 Å². The molecule has 1 heterocycles. The number of benzene rings is 1. The normalized spacial score (nSPS) is 34.6. The van der Waals surface area contributed by atoms with E-state index >= 15 is 0 Å². The molecule has 90 valence electrons. The Labute approximate surface area is 105 Å². The van der Waals surface area contributed by atoms with Crippen LogP contribution in [0.5, 0.6) is 0 Å². The summed E-state index contributed by atoms with van der Waals surface area (Å²) in [7, 11) is -1.43. The summed E-state index contributed by atoms with van der Waals surface area (Å²) in [5, 5.41) is 0. The molecule has 1 nitrogen and oxygen atoms in total. The molecule has 2 heteroatoms. The molecule has 0 spiro atoms. The van der Waals surface area contributed by atoms with E-state index in [0.717, 1.165) is 12.1 Å². The topological polar surface area (TPSA) is 9.23 Å². The minimum atomic E-state index is -1.43. The Kier molecular flexibility index (Phi) is 2.72. The highest BCUT2D eigenvalue weighted by atomic mass is 28.4. The van der Waals surface area contributed by atoms with Crippen molar-refractivity contribution in [1.29, 1.82) is 0 Å². The maximum Gasteiger partial charge on any atom is 0.190 e. The predicted molar refractivity (Wildman–Crippen MR) is 73.6 cm³/mol. The fraction of sp³-hybridized carbons (Fsp3) is 0.467. The molecule has 17 heavy (non-hydrogen) atoms. The van der Waals surface area contributed by atoms with E-state index in [9.17, 15) is 0 Å². The standard InChI is InChI=1S/C15H20OSi/c1-17(2)15-10-13(8-9-14(15)11-16-17)12-6-4-3-5-7-12/h3-9,13-15H,10-11H2,1-2H3/t13-,14-,15-/m1/s1. The summed E-state index contributed by atoms with van der Waals surface area (Å²) in [6.07, 6.45) is 6.09. The van der Waals surface area contributed by atoms with Crippen LogP contribution in [-0.4, -0.2) is 14.9 Å². The Bertz CT molecular complexity index is 424. The molecule has 3 atom stereocenters. The lowest BCUT2D eigenvalue weighted by atomic mass is 9.84. The Morgan fingerprint density at radius 2 is 1.88 bits per heavy atom. The molecular weight excluding hydrogens is 224 g/mol. The molecule has 2 aliphatic rings. The van der Waals surface area contributed by atoms with Crippen molar-refractivity contribution in [3.05, 3.63) is 48.0 Å². The summed E-state index contributed by atoms with van der Waals surface area (Å²) in [6, 6.07) is 10.9. The van der Waals surface area contributed by atoms with Crippen LogP contribution in [0.3, 0.4) is 0 Å². The third kappa shape index (κ3) is 2.00. The van der Waals surface area contributed by atoms with Gasteiger partial charge in [0.25, 0.3) is 0 Å². The molecule has 1 aromatic carbocycles. The first kappa shape index (κ1) is 11.2. The Hall–Kier alpha value is -0.863. The Balaban J connectivity index is 1.86. The lowest BCUT2D eigenvalue weighted by Gasteiger charge is -2.31. The first-order valence-electron chi connectivity index (χ1n) is 6.54. The van der Waals surface area contributed by atoms with Crippen molar-refractivity contribution in [1.82, 2.24) is 0 Å². The summed E-state index contributed by atoms with van der Waals surface area (Å²) in [5.74, 6) is 1.29. The highest BCUT2D eigenvalue weighted by molar-refractivity contribution is 6.73. The summed E-state index contributed by atoms with van der Waals surface area (Å²) < 4.78 is 6.06. The van der Waals surface area contributed by atoms with Crippen molar-refractivity contribution in [2.75, 3.05) is 6.61 Å². The molecule has 0 aromatic heterocycles. The van der Waals surface area contributed by atoms with Crippen molar-refractivity contribution >= 4 is 8.32 Å². The second-order valence-corrected chi connectivity index (χ2v) is 10.1. The van der Waals surface area contributed by atoms with Gasteiger partial charge in [0.05, 0.1) is 0 Å². The Morgan fingerprint density at radius 3 is 2.65 bits per heavy atom. The molecule has 0 amide bonds. The van der Waals surface area contributed by atoms with Crippen LogP contribution >= 0.6 is 0 Å². The van der Waals surface area contributed by atoms with Gasteiger partial charge >= 0.3 is 0 Å². The highest BCUT2D eigenvalue weighted by Gasteiger charge is 2.46. The van der Waals surface area contributed by atoms with Gasteiger partial charge in [-0.25, -0.2) is 0 Å². The van der Waals surface area contributed by atoms with Gasteiger partial charge in [-0.05, 0) is 30.6 Å². The van der Waals surface area contributed by atoms with Crippen molar-refractivity contribution in [2.45, 2.75) is 31.0 Å². The van der Waals surface area contributed by atoms with Crippen molar-refractivity contribution in [2.24, 2.45) is 5.92 Å². The van der Waals surface area contributed by atoms with Crippen LogP contribution in [0.4, 0.5) is 0 Å². The molecule has 0 N–H and O–H groups in total. The second kappa shape index (κ2) is 4.11. The summed E-state index contributed by atoms with van der Waals surface area (Å²) in [4.78, 5) is 0. The van der Waals surface area contributed by atoms with Crippen LogP contribution in [0, 0.1) is 5.92 Å². The van der Waals surface area contributed by atoms with Crippen LogP contribution in [0.1, 0.15) is 17.9 Å². The largest absolute Gasteiger partial charge is 0.416 e. The molecular formula is C15H20OSi. The molecule has 1 aliphatic carbocycles. The van der Waals surface area contributed by atoms with Crippen molar-refractivity contribution < 1.29 is 4.43 Å². The van der Waals surface area contributed by atoms with Crippen LogP contribution in [0.2, 0.25) is 18.6 Å². The number of hydrogen-bond donors (Lipinski definition) is 0. The summed E-state index contributed by atoms with van der Waals surface area (Å²) in [6.45, 7) is 5.71. The fourth-order valence-corrected chi connectivity index (χ4v) is 6.17. The molecule has 3 rings (SSSR count). The molecule has 0 unspecified atom stereocenters. The van der Waals surface area contributed by atoms with Crippen LogP contribution in [-0.2, 0) is 4.43 Å². The number of rotatable bonds is 1. The minimum absolute atomic E-state index is 0.603. The van der Waals surface area contributed by atoms with E-state index in [-0.39, 0.29) is 0 Å². The van der Waals surface area contributed by atoms with E-state index in [4.69, 9.17) is 4.43 Å². The maximum absolute atomic E-state index is 6.06. The first-order chi connectivity index (χ1) is 8.17. The van der Waals surface area contributed by atoms with E-state index in [1.165, 1.54) is 12.0 Å². The quantitative estimate of drug-likeness (QED) is 0.537. The molecule has 0 saturated carbocycles. The van der Waals surface area contributed by atoms with Crippen molar-refractivity contribution in [3.8, 4) is 0 Å². The third-order valence-corrected chi connectivity index (χ3v) is 7.74. The number of allylic oxidation sites excluding steroid dienone is 1. The average molecular weight is 244 g/mol. The lowest BCUT2D eigenvalue weighted by molar-refractivity contribution is 0.321. The second-order valence-electron chi connectivity index (χ2n) is 5.82. The highest BCUT2D eigenvalue weighted by Crippen LogP contribution is 2.48. The average Bonchev–Trinajstić information content (AvgIpc) is 2.66. The van der Waals surface area contributed by atoms with Crippen LogP contribution in [0.25, 0.3) is 0 Å². The SMILES string of the molecule is C[Si]1(C)OC[C@H]2C=C[C@@H](c3ccccc3)C[C@H]21. The minimum Gasteiger partial charge on any atom is -0.416 e. The van der Waals surface area contributed by atoms with E-state index in [1.54, 1.807) is 0 Å². The molecule has 1 saturated heterocycles. The van der Waals surface area contributed by atoms with Gasteiger partial charge in [0, 0.05) is 18.4 Å². The van der Waals surface area contributed by atoms with Gasteiger partial charge in [0.15, 0.2) is 8.32 Å². The Morgan fingerprint density at radius 1 is 1.12 bits per heavy atom. The zero-order chi connectivity index (χ0) is 11.9. The van der Waals surface area contributed by atoms with E-state index < -0.39 is 8.32 Å². The van der Waals surface area contributed by atoms with Crippen LogP contribution < -0.4 is 0 Å². The van der Waals surface area contributed by atoms with Gasteiger partial charge in [-0.2, -0.15) is 0 Å². The number of fused-ring (bicyclic) bond motifs is 1. The molecule has 1 fully saturated rings. The van der Waals surface area contributed by atoms with Gasteiger partial charge in [0.2, 0.25) is 0 Å².